The van der Waals surface area contributed by atoms with Gasteiger partial charge in [0, 0.05) is 43.8 Å². The van der Waals surface area contributed by atoms with Crippen molar-refractivity contribution < 1.29 is 4.79 Å². The third-order valence-electron chi connectivity index (χ3n) is 4.41. The molecule has 4 nitrogen and oxygen atoms in total. The van der Waals surface area contributed by atoms with E-state index in [1.54, 1.807) is 0 Å². The lowest BCUT2D eigenvalue weighted by molar-refractivity contribution is -0.132. The zero-order valence-corrected chi connectivity index (χ0v) is 12.7. The fourth-order valence-electron chi connectivity index (χ4n) is 3.18. The molecule has 4 heteroatoms. The predicted octanol–water partition coefficient (Wildman–Crippen LogP) is 3.08. The van der Waals surface area contributed by atoms with E-state index in [2.05, 4.69) is 34.8 Å². The Balaban J connectivity index is 1.59. The minimum atomic E-state index is 0.323. The van der Waals surface area contributed by atoms with E-state index in [4.69, 9.17) is 0 Å². The number of nitrogens with zero attached hydrogens (tertiary/aromatic N) is 3. The van der Waals surface area contributed by atoms with Gasteiger partial charge >= 0.3 is 0 Å². The number of piperidine rings is 1. The summed E-state index contributed by atoms with van der Waals surface area (Å²) in [5.41, 5.74) is 1.07. The number of fused-ring (bicyclic) bond motifs is 1. The van der Waals surface area contributed by atoms with Gasteiger partial charge in [0.05, 0.1) is 0 Å². The van der Waals surface area contributed by atoms with Crippen molar-refractivity contribution in [3.63, 3.8) is 0 Å². The van der Waals surface area contributed by atoms with Gasteiger partial charge in [-0.1, -0.05) is 6.92 Å². The molecule has 1 aliphatic heterocycles. The van der Waals surface area contributed by atoms with Crippen LogP contribution < -0.4 is 0 Å². The summed E-state index contributed by atoms with van der Waals surface area (Å²) < 4.78 is 2.25. The molecule has 1 amide bonds. The van der Waals surface area contributed by atoms with Gasteiger partial charge in [-0.15, -0.1) is 0 Å². The van der Waals surface area contributed by atoms with E-state index in [0.717, 1.165) is 44.5 Å². The molecule has 3 heterocycles. The van der Waals surface area contributed by atoms with Crippen molar-refractivity contribution in [3.8, 4) is 0 Å². The number of rotatable bonds is 4. The van der Waals surface area contributed by atoms with E-state index in [1.165, 1.54) is 5.39 Å². The summed E-state index contributed by atoms with van der Waals surface area (Å²) in [7, 11) is 0. The largest absolute Gasteiger partial charge is 0.343 e. The molecule has 0 aliphatic carbocycles. The van der Waals surface area contributed by atoms with Crippen molar-refractivity contribution in [2.75, 3.05) is 13.1 Å². The second kappa shape index (κ2) is 6.29. The summed E-state index contributed by atoms with van der Waals surface area (Å²) in [6.07, 6.45) is 7.82. The average Bonchev–Trinajstić information content (AvgIpc) is 2.92. The van der Waals surface area contributed by atoms with Crippen LogP contribution in [0.5, 0.6) is 0 Å². The van der Waals surface area contributed by atoms with Gasteiger partial charge in [-0.3, -0.25) is 4.79 Å². The lowest BCUT2D eigenvalue weighted by Crippen LogP contribution is -2.39. The second-order valence-corrected chi connectivity index (χ2v) is 5.96. The smallest absolute Gasteiger partial charge is 0.222 e. The van der Waals surface area contributed by atoms with Gasteiger partial charge in [-0.2, -0.15) is 0 Å². The highest BCUT2D eigenvalue weighted by atomic mass is 16.2. The highest BCUT2D eigenvalue weighted by Crippen LogP contribution is 2.22. The first-order chi connectivity index (χ1) is 10.3. The topological polar surface area (TPSA) is 38.1 Å². The highest BCUT2D eigenvalue weighted by Gasteiger charge is 2.22. The number of pyridine rings is 1. The Morgan fingerprint density at radius 3 is 2.90 bits per heavy atom. The maximum absolute atomic E-state index is 11.9. The summed E-state index contributed by atoms with van der Waals surface area (Å²) >= 11 is 0. The molecule has 0 radical (unpaired) electrons. The Morgan fingerprint density at radius 2 is 2.14 bits per heavy atom. The Morgan fingerprint density at radius 1 is 1.33 bits per heavy atom. The summed E-state index contributed by atoms with van der Waals surface area (Å²) in [6, 6.07) is 6.21. The first-order valence-corrected chi connectivity index (χ1v) is 7.95. The van der Waals surface area contributed by atoms with Gasteiger partial charge in [-0.25, -0.2) is 4.98 Å². The van der Waals surface area contributed by atoms with E-state index in [0.29, 0.717) is 18.2 Å². The molecular formula is C17H23N3O. The first kappa shape index (κ1) is 14.1. The zero-order chi connectivity index (χ0) is 14.7. The van der Waals surface area contributed by atoms with Gasteiger partial charge in [-0.05, 0) is 43.4 Å². The summed E-state index contributed by atoms with van der Waals surface area (Å²) in [5.74, 6) is 0.970. The van der Waals surface area contributed by atoms with E-state index in [-0.39, 0.29) is 0 Å². The van der Waals surface area contributed by atoms with Crippen molar-refractivity contribution in [2.24, 2.45) is 5.92 Å². The number of carbonyl (C=O) groups excluding carboxylic acids is 1. The van der Waals surface area contributed by atoms with Crippen LogP contribution in [0, 0.1) is 5.92 Å². The number of aromatic nitrogens is 2. The SMILES string of the molecule is CCCC(=O)N1CCC(Cn2ccc3cccnc32)CC1. The molecule has 0 saturated carbocycles. The van der Waals surface area contributed by atoms with Crippen LogP contribution in [0.4, 0.5) is 0 Å². The van der Waals surface area contributed by atoms with E-state index < -0.39 is 0 Å². The Labute approximate surface area is 125 Å². The molecule has 2 aromatic rings. The maximum atomic E-state index is 11.9. The molecule has 0 aromatic carbocycles. The number of likely N-dealkylation sites (tertiary alicyclic amines) is 1. The van der Waals surface area contributed by atoms with Gasteiger partial charge < -0.3 is 9.47 Å². The Kier molecular flexibility index (Phi) is 4.23. The molecule has 112 valence electrons. The molecule has 1 aliphatic rings. The lowest BCUT2D eigenvalue weighted by atomic mass is 9.96. The van der Waals surface area contributed by atoms with Crippen molar-refractivity contribution >= 4 is 16.9 Å². The first-order valence-electron chi connectivity index (χ1n) is 7.95. The molecule has 2 aromatic heterocycles. The van der Waals surface area contributed by atoms with Crippen LogP contribution >= 0.6 is 0 Å². The molecule has 3 rings (SSSR count). The summed E-state index contributed by atoms with van der Waals surface area (Å²) in [6.45, 7) is 4.90. The lowest BCUT2D eigenvalue weighted by Gasteiger charge is -2.32. The van der Waals surface area contributed by atoms with E-state index in [9.17, 15) is 4.79 Å². The number of hydrogen-bond acceptors (Lipinski definition) is 2. The monoisotopic (exact) mass is 285 g/mol. The quantitative estimate of drug-likeness (QED) is 0.866. The molecular weight excluding hydrogens is 262 g/mol. The van der Waals surface area contributed by atoms with Crippen molar-refractivity contribution in [1.29, 1.82) is 0 Å². The fourth-order valence-corrected chi connectivity index (χ4v) is 3.18. The minimum Gasteiger partial charge on any atom is -0.343 e. The van der Waals surface area contributed by atoms with Gasteiger partial charge in [0.1, 0.15) is 5.65 Å². The summed E-state index contributed by atoms with van der Waals surface area (Å²) in [5, 5.41) is 1.20. The third kappa shape index (κ3) is 3.09. The maximum Gasteiger partial charge on any atom is 0.222 e. The zero-order valence-electron chi connectivity index (χ0n) is 12.7. The normalized spacial score (nSPS) is 16.5. The summed E-state index contributed by atoms with van der Waals surface area (Å²) in [4.78, 5) is 18.4. The molecule has 1 fully saturated rings. The van der Waals surface area contributed by atoms with E-state index >= 15 is 0 Å². The van der Waals surface area contributed by atoms with Gasteiger partial charge in [0.15, 0.2) is 0 Å². The van der Waals surface area contributed by atoms with Crippen molar-refractivity contribution in [3.05, 3.63) is 30.6 Å². The van der Waals surface area contributed by atoms with Crippen LogP contribution in [0.25, 0.3) is 11.0 Å². The van der Waals surface area contributed by atoms with Gasteiger partial charge in [0.25, 0.3) is 0 Å². The van der Waals surface area contributed by atoms with Gasteiger partial charge in [0.2, 0.25) is 5.91 Å². The predicted molar refractivity (Wildman–Crippen MR) is 83.9 cm³/mol. The molecule has 0 atom stereocenters. The van der Waals surface area contributed by atoms with Crippen LogP contribution in [-0.2, 0) is 11.3 Å². The molecule has 1 saturated heterocycles. The average molecular weight is 285 g/mol. The molecule has 0 N–H and O–H groups in total. The Bertz CT molecular complexity index is 611. The molecule has 0 spiro atoms. The van der Waals surface area contributed by atoms with Crippen LogP contribution in [0.1, 0.15) is 32.6 Å². The van der Waals surface area contributed by atoms with Crippen LogP contribution in [-0.4, -0.2) is 33.4 Å². The molecule has 21 heavy (non-hydrogen) atoms. The Hall–Kier alpha value is -1.84. The van der Waals surface area contributed by atoms with Crippen LogP contribution in [0.3, 0.4) is 0 Å². The van der Waals surface area contributed by atoms with Crippen LogP contribution in [0.15, 0.2) is 30.6 Å². The standard InChI is InChI=1S/C17H23N3O/c1-2-4-16(21)19-10-6-14(7-11-19)13-20-12-8-15-5-3-9-18-17(15)20/h3,5,8-9,12,14H,2,4,6-7,10-11,13H2,1H3. The number of hydrogen-bond donors (Lipinski definition) is 0. The third-order valence-corrected chi connectivity index (χ3v) is 4.41. The van der Waals surface area contributed by atoms with Crippen LogP contribution in [0.2, 0.25) is 0 Å². The molecule has 0 unspecified atom stereocenters. The second-order valence-electron chi connectivity index (χ2n) is 5.96. The molecule has 0 bridgehead atoms. The van der Waals surface area contributed by atoms with Crippen molar-refractivity contribution in [1.82, 2.24) is 14.5 Å². The highest BCUT2D eigenvalue weighted by molar-refractivity contribution is 5.76. The van der Waals surface area contributed by atoms with Crippen molar-refractivity contribution in [2.45, 2.75) is 39.2 Å². The fraction of sp³-hybridized carbons (Fsp3) is 0.529. The number of carbonyl (C=O) groups is 1. The number of amides is 1. The van der Waals surface area contributed by atoms with E-state index in [1.807, 2.05) is 17.2 Å². The minimum absolute atomic E-state index is 0.323.